The number of cyclic esters (lactones) is 1. The topological polar surface area (TPSA) is 87.0 Å². The molecule has 0 saturated heterocycles. The molecule has 1 aliphatic heterocycles. The molecule has 1 aliphatic rings. The molecule has 0 radical (unpaired) electrons. The average Bonchev–Trinajstić information content (AvgIpc) is 2.16. The van der Waals surface area contributed by atoms with Crippen LogP contribution in [0, 0.1) is 0 Å². The van der Waals surface area contributed by atoms with E-state index in [1.54, 1.807) is 0 Å². The molecular formula is C9H14O5. The maximum atomic E-state index is 11.0. The Morgan fingerprint density at radius 3 is 2.86 bits per heavy atom. The predicted octanol–water partition coefficient (Wildman–Crippen LogP) is -1.04. The first-order valence-electron chi connectivity index (χ1n) is 4.45. The highest BCUT2D eigenvalue weighted by Gasteiger charge is 2.21. The van der Waals surface area contributed by atoms with Gasteiger partial charge in [0.05, 0.1) is 19.3 Å². The van der Waals surface area contributed by atoms with Crippen LogP contribution in [0.4, 0.5) is 0 Å². The van der Waals surface area contributed by atoms with E-state index in [2.05, 4.69) is 0 Å². The number of aliphatic hydroxyl groups is 3. The summed E-state index contributed by atoms with van der Waals surface area (Å²) in [4.78, 5) is 11.0. The van der Waals surface area contributed by atoms with Crippen LogP contribution in [0.3, 0.4) is 0 Å². The van der Waals surface area contributed by atoms with Gasteiger partial charge < -0.3 is 20.1 Å². The van der Waals surface area contributed by atoms with Crippen LogP contribution in [0.25, 0.3) is 0 Å². The van der Waals surface area contributed by atoms with Crippen molar-refractivity contribution < 1.29 is 24.9 Å². The van der Waals surface area contributed by atoms with Crippen molar-refractivity contribution in [1.82, 2.24) is 0 Å². The summed E-state index contributed by atoms with van der Waals surface area (Å²) >= 11 is 0. The molecule has 3 N–H and O–H groups in total. The lowest BCUT2D eigenvalue weighted by Gasteiger charge is -2.22. The van der Waals surface area contributed by atoms with Crippen LogP contribution < -0.4 is 0 Å². The van der Waals surface area contributed by atoms with Gasteiger partial charge in [-0.2, -0.15) is 0 Å². The Balaban J connectivity index is 2.55. The van der Waals surface area contributed by atoms with Gasteiger partial charge in [0.15, 0.2) is 0 Å². The van der Waals surface area contributed by atoms with Crippen LogP contribution in [0.5, 0.6) is 0 Å². The molecule has 0 fully saturated rings. The molecule has 1 rings (SSSR count). The number of rotatable bonds is 4. The second kappa shape index (κ2) is 5.09. The van der Waals surface area contributed by atoms with Crippen LogP contribution in [-0.4, -0.2) is 46.7 Å². The number of esters is 1. The van der Waals surface area contributed by atoms with E-state index in [0.29, 0.717) is 12.0 Å². The maximum Gasteiger partial charge on any atom is 0.331 e. The van der Waals surface area contributed by atoms with Gasteiger partial charge in [0, 0.05) is 12.5 Å². The Labute approximate surface area is 81.6 Å². The van der Waals surface area contributed by atoms with Gasteiger partial charge in [0.25, 0.3) is 0 Å². The summed E-state index contributed by atoms with van der Waals surface area (Å²) in [5.74, 6) is -0.504. The third-order valence-electron chi connectivity index (χ3n) is 2.01. The predicted molar refractivity (Wildman–Crippen MR) is 47.4 cm³/mol. The lowest BCUT2D eigenvalue weighted by molar-refractivity contribution is -0.146. The zero-order chi connectivity index (χ0) is 10.6. The molecule has 0 bridgehead atoms. The highest BCUT2D eigenvalue weighted by atomic mass is 16.6. The van der Waals surface area contributed by atoms with Gasteiger partial charge in [0.1, 0.15) is 6.10 Å². The molecule has 0 saturated carbocycles. The van der Waals surface area contributed by atoms with E-state index in [4.69, 9.17) is 20.1 Å². The SMILES string of the molecule is O=C1C=C(C[C@@H](O)CO)C[C@H](CO)O1. The molecule has 0 spiro atoms. The lowest BCUT2D eigenvalue weighted by Crippen LogP contribution is -2.27. The number of ether oxygens (including phenoxy) is 1. The summed E-state index contributed by atoms with van der Waals surface area (Å²) < 4.78 is 4.77. The van der Waals surface area contributed by atoms with Crippen molar-refractivity contribution >= 4 is 5.97 Å². The number of carbonyl (C=O) groups is 1. The smallest absolute Gasteiger partial charge is 0.331 e. The van der Waals surface area contributed by atoms with Gasteiger partial charge in [-0.15, -0.1) is 0 Å². The van der Waals surface area contributed by atoms with Crippen molar-refractivity contribution in [2.75, 3.05) is 13.2 Å². The van der Waals surface area contributed by atoms with Gasteiger partial charge in [-0.05, 0) is 6.42 Å². The van der Waals surface area contributed by atoms with E-state index >= 15 is 0 Å². The monoisotopic (exact) mass is 202 g/mol. The van der Waals surface area contributed by atoms with Crippen molar-refractivity contribution in [2.45, 2.75) is 25.0 Å². The molecule has 0 aromatic rings. The summed E-state index contributed by atoms with van der Waals surface area (Å²) in [6.45, 7) is -0.561. The van der Waals surface area contributed by atoms with E-state index in [1.807, 2.05) is 0 Å². The van der Waals surface area contributed by atoms with E-state index in [-0.39, 0.29) is 19.6 Å². The highest BCUT2D eigenvalue weighted by molar-refractivity contribution is 5.83. The molecule has 0 aromatic carbocycles. The number of carbonyl (C=O) groups excluding carboxylic acids is 1. The minimum Gasteiger partial charge on any atom is -0.456 e. The third-order valence-corrected chi connectivity index (χ3v) is 2.01. The number of hydrogen-bond acceptors (Lipinski definition) is 5. The zero-order valence-corrected chi connectivity index (χ0v) is 7.72. The van der Waals surface area contributed by atoms with E-state index in [1.165, 1.54) is 6.08 Å². The first kappa shape index (κ1) is 11.2. The van der Waals surface area contributed by atoms with Crippen molar-refractivity contribution in [1.29, 1.82) is 0 Å². The molecule has 5 nitrogen and oxygen atoms in total. The minimum absolute atomic E-state index is 0.224. The first-order valence-corrected chi connectivity index (χ1v) is 4.45. The second-order valence-electron chi connectivity index (χ2n) is 3.29. The standard InChI is InChI=1S/C9H14O5/c10-4-7(12)1-6-2-8(5-11)14-9(13)3-6/h3,7-8,10-12H,1-2,4-5H2/t7-,8-/m1/s1. The van der Waals surface area contributed by atoms with E-state index in [9.17, 15) is 4.79 Å². The van der Waals surface area contributed by atoms with Crippen molar-refractivity contribution in [3.05, 3.63) is 11.6 Å². The number of hydrogen-bond donors (Lipinski definition) is 3. The lowest BCUT2D eigenvalue weighted by atomic mass is 10.00. The molecule has 5 heteroatoms. The minimum atomic E-state index is -0.855. The van der Waals surface area contributed by atoms with Crippen LogP contribution in [0.15, 0.2) is 11.6 Å². The fourth-order valence-electron chi connectivity index (χ4n) is 1.37. The Bertz CT molecular complexity index is 235. The van der Waals surface area contributed by atoms with Gasteiger partial charge in [-0.25, -0.2) is 4.79 Å². The van der Waals surface area contributed by atoms with Crippen LogP contribution >= 0.6 is 0 Å². The quantitative estimate of drug-likeness (QED) is 0.507. The summed E-state index contributed by atoms with van der Waals surface area (Å²) in [5, 5.41) is 26.6. The Hall–Kier alpha value is -0.910. The molecular weight excluding hydrogens is 188 g/mol. The largest absolute Gasteiger partial charge is 0.456 e. The van der Waals surface area contributed by atoms with Crippen LogP contribution in [0.2, 0.25) is 0 Å². The highest BCUT2D eigenvalue weighted by Crippen LogP contribution is 2.19. The summed E-state index contributed by atoms with van der Waals surface area (Å²) in [7, 11) is 0. The molecule has 2 atom stereocenters. The molecule has 14 heavy (non-hydrogen) atoms. The zero-order valence-electron chi connectivity index (χ0n) is 7.72. The molecule has 0 unspecified atom stereocenters. The molecule has 80 valence electrons. The Morgan fingerprint density at radius 2 is 2.29 bits per heavy atom. The van der Waals surface area contributed by atoms with Crippen LogP contribution in [-0.2, 0) is 9.53 Å². The maximum absolute atomic E-state index is 11.0. The van der Waals surface area contributed by atoms with Gasteiger partial charge in [-0.1, -0.05) is 5.57 Å². The molecule has 0 aliphatic carbocycles. The fourth-order valence-corrected chi connectivity index (χ4v) is 1.37. The van der Waals surface area contributed by atoms with E-state index < -0.39 is 18.2 Å². The van der Waals surface area contributed by atoms with Crippen molar-refractivity contribution in [3.63, 3.8) is 0 Å². The summed E-state index contributed by atoms with van der Waals surface area (Å²) in [6.07, 6.45) is 0.576. The van der Waals surface area contributed by atoms with Gasteiger partial charge >= 0.3 is 5.97 Å². The molecule has 0 aromatic heterocycles. The third kappa shape index (κ3) is 3.10. The average molecular weight is 202 g/mol. The van der Waals surface area contributed by atoms with Crippen molar-refractivity contribution in [3.8, 4) is 0 Å². The summed E-state index contributed by atoms with van der Waals surface area (Å²) in [6, 6.07) is 0. The normalized spacial score (nSPS) is 24.1. The van der Waals surface area contributed by atoms with Gasteiger partial charge in [-0.3, -0.25) is 0 Å². The Kier molecular flexibility index (Phi) is 4.06. The van der Waals surface area contributed by atoms with Crippen LogP contribution in [0.1, 0.15) is 12.8 Å². The Morgan fingerprint density at radius 1 is 1.57 bits per heavy atom. The summed E-state index contributed by atoms with van der Waals surface area (Å²) in [5.41, 5.74) is 0.696. The van der Waals surface area contributed by atoms with Gasteiger partial charge in [0.2, 0.25) is 0 Å². The fraction of sp³-hybridized carbons (Fsp3) is 0.667. The van der Waals surface area contributed by atoms with Crippen molar-refractivity contribution in [2.24, 2.45) is 0 Å². The molecule has 0 amide bonds. The molecule has 1 heterocycles. The first-order chi connectivity index (χ1) is 6.65. The second-order valence-corrected chi connectivity index (χ2v) is 3.29. The van der Waals surface area contributed by atoms with E-state index in [0.717, 1.165) is 0 Å². The number of aliphatic hydroxyl groups excluding tert-OH is 3.